The molecule has 0 radical (unpaired) electrons. The maximum atomic E-state index is 12.8. The molecule has 0 spiro atoms. The molecular weight excluding hydrogens is 520 g/mol. The summed E-state index contributed by atoms with van der Waals surface area (Å²) in [5.74, 6) is -2.30. The Morgan fingerprint density at radius 2 is 1.72 bits per heavy atom. The lowest BCUT2D eigenvalue weighted by molar-refractivity contribution is -0.139. The Kier molecular flexibility index (Phi) is 8.50. The largest absolute Gasteiger partial charge is 0.480 e. The van der Waals surface area contributed by atoms with E-state index in [-0.39, 0.29) is 31.7 Å². The number of aliphatic carboxylic acids is 1. The average Bonchev–Trinajstić information content (AvgIpc) is 3.28. The number of carbonyl (C=O) groups is 2. The third-order valence-corrected chi connectivity index (χ3v) is 8.30. The van der Waals surface area contributed by atoms with Gasteiger partial charge in [0, 0.05) is 6.54 Å². The van der Waals surface area contributed by atoms with Crippen molar-refractivity contribution < 1.29 is 27.9 Å². The summed E-state index contributed by atoms with van der Waals surface area (Å²) in [5.41, 5.74) is 11.4. The maximum Gasteiger partial charge on any atom is 0.408 e. The van der Waals surface area contributed by atoms with E-state index in [9.17, 15) is 23.1 Å². The number of rotatable bonds is 11. The van der Waals surface area contributed by atoms with E-state index in [1.54, 1.807) is 30.3 Å². The Balaban J connectivity index is 1.31. The first-order valence-electron chi connectivity index (χ1n) is 12.4. The number of ether oxygens (including phenoxy) is 1. The van der Waals surface area contributed by atoms with Crippen molar-refractivity contribution in [2.75, 3.05) is 6.54 Å². The van der Waals surface area contributed by atoms with Gasteiger partial charge in [-0.3, -0.25) is 5.41 Å². The van der Waals surface area contributed by atoms with Crippen molar-refractivity contribution >= 4 is 28.0 Å². The number of guanidine groups is 1. The zero-order valence-corrected chi connectivity index (χ0v) is 22.0. The number of nitrogens with two attached hydrogens (primary N) is 1. The van der Waals surface area contributed by atoms with Gasteiger partial charge in [-0.25, -0.2) is 22.3 Å². The van der Waals surface area contributed by atoms with Gasteiger partial charge in [-0.05, 0) is 52.6 Å². The van der Waals surface area contributed by atoms with E-state index in [0.717, 1.165) is 33.0 Å². The number of nitrogens with zero attached hydrogens (tertiary/aromatic N) is 1. The average molecular weight is 551 g/mol. The molecule has 39 heavy (non-hydrogen) atoms. The summed E-state index contributed by atoms with van der Waals surface area (Å²) in [5, 5.41) is 19.6. The van der Waals surface area contributed by atoms with Crippen LogP contribution >= 0.6 is 0 Å². The summed E-state index contributed by atoms with van der Waals surface area (Å²) in [6.07, 6.45) is -0.222. The van der Waals surface area contributed by atoms with E-state index in [1.165, 1.54) is 5.56 Å². The lowest BCUT2D eigenvalue weighted by Crippen LogP contribution is -2.44. The fourth-order valence-electron chi connectivity index (χ4n) is 4.65. The molecule has 5 N–H and O–H groups in total. The quantitative estimate of drug-likeness (QED) is 0.164. The molecule has 0 saturated carbocycles. The molecule has 1 amide bonds. The van der Waals surface area contributed by atoms with Crippen molar-refractivity contribution in [3.63, 3.8) is 0 Å². The molecule has 3 aromatic carbocycles. The molecule has 204 valence electrons. The molecule has 0 unspecified atom stereocenters. The molecule has 4 rings (SSSR count). The number of sulfonamides is 1. The van der Waals surface area contributed by atoms with Gasteiger partial charge in [0.2, 0.25) is 16.0 Å². The van der Waals surface area contributed by atoms with Gasteiger partial charge >= 0.3 is 12.1 Å². The number of carboxylic acid groups (broad SMARTS) is 1. The zero-order chi connectivity index (χ0) is 28.0. The Morgan fingerprint density at radius 1 is 1.03 bits per heavy atom. The van der Waals surface area contributed by atoms with Crippen LogP contribution in [0.5, 0.6) is 0 Å². The predicted molar refractivity (Wildman–Crippen MR) is 146 cm³/mol. The van der Waals surface area contributed by atoms with Crippen molar-refractivity contribution in [3.8, 4) is 11.1 Å². The Labute approximate surface area is 227 Å². The van der Waals surface area contributed by atoms with E-state index in [4.69, 9.17) is 15.9 Å². The molecule has 11 heteroatoms. The fraction of sp³-hybridized carbons (Fsp3) is 0.250. The van der Waals surface area contributed by atoms with Crippen molar-refractivity contribution in [2.24, 2.45) is 5.73 Å². The third kappa shape index (κ3) is 6.74. The van der Waals surface area contributed by atoms with Crippen molar-refractivity contribution in [1.82, 2.24) is 9.62 Å². The summed E-state index contributed by atoms with van der Waals surface area (Å²) < 4.78 is 31.7. The summed E-state index contributed by atoms with van der Waals surface area (Å²) in [6, 6.07) is 21.0. The van der Waals surface area contributed by atoms with Crippen molar-refractivity contribution in [1.29, 1.82) is 5.41 Å². The van der Waals surface area contributed by atoms with E-state index < -0.39 is 34.1 Å². The minimum Gasteiger partial charge on any atom is -0.480 e. The highest BCUT2D eigenvalue weighted by Crippen LogP contribution is 2.38. The van der Waals surface area contributed by atoms with Crippen molar-refractivity contribution in [3.05, 3.63) is 95.1 Å². The summed E-state index contributed by atoms with van der Waals surface area (Å²) in [7, 11) is -3.96. The van der Waals surface area contributed by atoms with E-state index in [1.807, 2.05) is 30.3 Å². The first kappa shape index (κ1) is 27.6. The molecule has 0 aromatic heterocycles. The van der Waals surface area contributed by atoms with Crippen LogP contribution in [0.3, 0.4) is 0 Å². The van der Waals surface area contributed by atoms with Gasteiger partial charge in [0.1, 0.15) is 12.6 Å². The first-order valence-corrected chi connectivity index (χ1v) is 14.0. The van der Waals surface area contributed by atoms with Crippen LogP contribution in [0.1, 0.15) is 35.1 Å². The van der Waals surface area contributed by atoms with Crippen molar-refractivity contribution in [2.45, 2.75) is 37.7 Å². The van der Waals surface area contributed by atoms with E-state index in [0.29, 0.717) is 5.56 Å². The number of carboxylic acids is 1. The van der Waals surface area contributed by atoms with E-state index >= 15 is 0 Å². The number of hydrogen-bond acceptors (Lipinski definition) is 6. The fourth-order valence-corrected chi connectivity index (χ4v) is 6.13. The Bertz CT molecular complexity index is 1480. The van der Waals surface area contributed by atoms with Gasteiger partial charge in [0.15, 0.2) is 0 Å². The summed E-state index contributed by atoms with van der Waals surface area (Å²) in [4.78, 5) is 24.2. The van der Waals surface area contributed by atoms with Crippen LogP contribution in [0, 0.1) is 5.41 Å². The summed E-state index contributed by atoms with van der Waals surface area (Å²) in [6.45, 7) is -0.229. The lowest BCUT2D eigenvalue weighted by atomic mass is 10.0. The molecule has 3 aromatic rings. The number of benzene rings is 3. The van der Waals surface area contributed by atoms with E-state index in [2.05, 4.69) is 17.4 Å². The van der Waals surface area contributed by atoms with Gasteiger partial charge in [0.05, 0.1) is 5.75 Å². The standard InChI is InChI=1S/C28H30N4O6S/c29-27(30)32(39(36,37)18-19-8-2-1-3-9-19)15-7-14-25(26(33)34)31-28(35)38-17-21-11-6-13-23-22-12-5-4-10-20(22)16-24(21)23/h1-6,8-13,25H,7,14-18H2,(H3,29,30)(H,31,35)(H,33,34)/t25-/m0/s1. The second kappa shape index (κ2) is 12.0. The van der Waals surface area contributed by atoms with Crippen LogP contribution in [-0.4, -0.2) is 48.4 Å². The van der Waals surface area contributed by atoms with Gasteiger partial charge < -0.3 is 20.9 Å². The molecule has 0 heterocycles. The van der Waals surface area contributed by atoms with Crippen LogP contribution in [0.25, 0.3) is 11.1 Å². The highest BCUT2D eigenvalue weighted by atomic mass is 32.2. The molecule has 1 atom stereocenters. The monoisotopic (exact) mass is 550 g/mol. The minimum atomic E-state index is -3.96. The van der Waals surface area contributed by atoms with Crippen LogP contribution in [0.2, 0.25) is 0 Å². The van der Waals surface area contributed by atoms with Gasteiger partial charge in [-0.15, -0.1) is 0 Å². The molecule has 0 bridgehead atoms. The number of fused-ring (bicyclic) bond motifs is 3. The topological polar surface area (TPSA) is 163 Å². The Morgan fingerprint density at radius 3 is 2.44 bits per heavy atom. The van der Waals surface area contributed by atoms with Gasteiger partial charge in [-0.1, -0.05) is 72.8 Å². The lowest BCUT2D eigenvalue weighted by Gasteiger charge is -2.23. The second-order valence-corrected chi connectivity index (χ2v) is 11.1. The Hall–Kier alpha value is -4.38. The number of hydrogen-bond donors (Lipinski definition) is 4. The van der Waals surface area contributed by atoms with Gasteiger partial charge in [0.25, 0.3) is 0 Å². The van der Waals surface area contributed by atoms with Crippen LogP contribution in [-0.2, 0) is 38.3 Å². The molecule has 1 aliphatic rings. The number of alkyl carbamates (subject to hydrolysis) is 1. The van der Waals surface area contributed by atoms with Gasteiger partial charge in [-0.2, -0.15) is 0 Å². The maximum absolute atomic E-state index is 12.8. The molecule has 1 aliphatic carbocycles. The number of nitrogens with one attached hydrogen (secondary N) is 2. The SMILES string of the molecule is N=C(N)N(CCC[C@H](NC(=O)OCc1cccc2c1Cc1ccccc1-2)C(=O)O)S(=O)(=O)Cc1ccccc1. The second-order valence-electron chi connectivity index (χ2n) is 9.23. The molecule has 0 fully saturated rings. The highest BCUT2D eigenvalue weighted by Gasteiger charge is 2.26. The molecule has 0 aliphatic heterocycles. The molecule has 10 nitrogen and oxygen atoms in total. The number of amides is 1. The third-order valence-electron chi connectivity index (χ3n) is 6.55. The highest BCUT2D eigenvalue weighted by molar-refractivity contribution is 7.88. The first-order chi connectivity index (χ1) is 18.7. The molecular formula is C28H30N4O6S. The predicted octanol–water partition coefficient (Wildman–Crippen LogP) is 3.44. The number of carbonyl (C=O) groups excluding carboxylic acids is 1. The van der Waals surface area contributed by atoms with Crippen LogP contribution in [0.4, 0.5) is 4.79 Å². The zero-order valence-electron chi connectivity index (χ0n) is 21.2. The minimum absolute atomic E-state index is 0.0226. The summed E-state index contributed by atoms with van der Waals surface area (Å²) >= 11 is 0. The molecule has 0 saturated heterocycles. The smallest absolute Gasteiger partial charge is 0.408 e. The van der Waals surface area contributed by atoms with Crippen LogP contribution < -0.4 is 11.1 Å². The normalized spacial score (nSPS) is 12.6. The van der Waals surface area contributed by atoms with Crippen LogP contribution in [0.15, 0.2) is 72.8 Å².